The predicted octanol–water partition coefficient (Wildman–Crippen LogP) is 2.55. The molecule has 0 radical (unpaired) electrons. The minimum Gasteiger partial charge on any atom is -0.440 e. The molecule has 2 aliphatic rings. The Bertz CT molecular complexity index is 428. The van der Waals surface area contributed by atoms with Gasteiger partial charge in [0.05, 0.1) is 0 Å². The Morgan fingerprint density at radius 3 is 2.41 bits per heavy atom. The molecule has 0 N–H and O–H groups in total. The van der Waals surface area contributed by atoms with Crippen LogP contribution in [-0.2, 0) is 9.53 Å². The predicted molar refractivity (Wildman–Crippen MR) is 72.2 cm³/mol. The van der Waals surface area contributed by atoms with Crippen LogP contribution in [0.4, 0.5) is 18.0 Å². The Hall–Kier alpha value is -1.47. The van der Waals surface area contributed by atoms with Crippen LogP contribution in [0.25, 0.3) is 0 Å². The number of carbonyl (C=O) groups excluding carboxylic acids is 2. The number of ether oxygens (including phenoxy) is 1. The first kappa shape index (κ1) is 16.9. The van der Waals surface area contributed by atoms with Gasteiger partial charge in [0.2, 0.25) is 5.91 Å². The van der Waals surface area contributed by atoms with E-state index < -0.39 is 24.9 Å². The molecule has 0 saturated carbocycles. The van der Waals surface area contributed by atoms with Crippen LogP contribution in [-0.4, -0.2) is 59.8 Å². The fourth-order valence-corrected chi connectivity index (χ4v) is 3.09. The fourth-order valence-electron chi connectivity index (χ4n) is 3.09. The molecule has 0 spiro atoms. The van der Waals surface area contributed by atoms with Crippen LogP contribution >= 0.6 is 0 Å². The normalized spacial score (nSPS) is 26.2. The van der Waals surface area contributed by atoms with Gasteiger partial charge in [-0.25, -0.2) is 4.79 Å². The van der Waals surface area contributed by atoms with Gasteiger partial charge in [0.1, 0.15) is 6.04 Å². The summed E-state index contributed by atoms with van der Waals surface area (Å²) in [6.07, 6.45) is -1.65. The maximum Gasteiger partial charge on any atom is 0.422 e. The van der Waals surface area contributed by atoms with Crippen LogP contribution in [0.1, 0.15) is 39.0 Å². The Labute approximate surface area is 127 Å². The average molecular weight is 322 g/mol. The number of nitrogens with zero attached hydrogens (tertiary/aromatic N) is 2. The molecule has 2 saturated heterocycles. The summed E-state index contributed by atoms with van der Waals surface area (Å²) in [6.45, 7) is 1.24. The summed E-state index contributed by atoms with van der Waals surface area (Å²) in [4.78, 5) is 27.3. The first-order chi connectivity index (χ1) is 10.3. The van der Waals surface area contributed by atoms with Crippen molar-refractivity contribution in [1.82, 2.24) is 9.80 Å². The van der Waals surface area contributed by atoms with Crippen LogP contribution in [0.2, 0.25) is 0 Å². The van der Waals surface area contributed by atoms with Gasteiger partial charge in [-0.3, -0.25) is 9.69 Å². The summed E-state index contributed by atoms with van der Waals surface area (Å²) >= 11 is 0. The van der Waals surface area contributed by atoms with Crippen LogP contribution in [0, 0.1) is 0 Å². The van der Waals surface area contributed by atoms with Crippen molar-refractivity contribution in [3.63, 3.8) is 0 Å². The minimum atomic E-state index is -4.56. The lowest BCUT2D eigenvalue weighted by Crippen LogP contribution is -2.52. The van der Waals surface area contributed by atoms with Crippen molar-refractivity contribution >= 4 is 12.0 Å². The summed E-state index contributed by atoms with van der Waals surface area (Å²) in [6, 6.07) is -0.587. The van der Waals surface area contributed by atoms with E-state index in [9.17, 15) is 22.8 Å². The molecule has 2 rings (SSSR count). The monoisotopic (exact) mass is 322 g/mol. The molecule has 2 atom stereocenters. The smallest absolute Gasteiger partial charge is 0.422 e. The number of amides is 2. The highest BCUT2D eigenvalue weighted by atomic mass is 19.4. The lowest BCUT2D eigenvalue weighted by molar-refractivity contribution is -0.163. The van der Waals surface area contributed by atoms with Crippen molar-refractivity contribution in [2.45, 2.75) is 57.3 Å². The highest BCUT2D eigenvalue weighted by Crippen LogP contribution is 2.25. The van der Waals surface area contributed by atoms with Crippen molar-refractivity contribution in [2.75, 3.05) is 19.7 Å². The highest BCUT2D eigenvalue weighted by Gasteiger charge is 2.40. The van der Waals surface area contributed by atoms with Crippen molar-refractivity contribution in [3.8, 4) is 0 Å². The van der Waals surface area contributed by atoms with Crippen LogP contribution in [0.15, 0.2) is 0 Å². The van der Waals surface area contributed by atoms with E-state index in [1.54, 1.807) is 4.90 Å². The molecular formula is C14H21F3N2O3. The second-order valence-electron chi connectivity index (χ2n) is 5.90. The molecule has 0 aliphatic carbocycles. The van der Waals surface area contributed by atoms with Crippen molar-refractivity contribution < 1.29 is 27.5 Å². The molecule has 0 unspecified atom stereocenters. The molecule has 126 valence electrons. The van der Waals surface area contributed by atoms with Gasteiger partial charge in [-0.1, -0.05) is 0 Å². The summed E-state index contributed by atoms with van der Waals surface area (Å²) in [5, 5.41) is 0. The molecule has 0 bridgehead atoms. The zero-order chi connectivity index (χ0) is 16.3. The van der Waals surface area contributed by atoms with E-state index in [1.165, 1.54) is 0 Å². The van der Waals surface area contributed by atoms with Gasteiger partial charge < -0.3 is 9.64 Å². The number of halogens is 3. The summed E-state index contributed by atoms with van der Waals surface area (Å²) in [5.74, 6) is -0.173. The van der Waals surface area contributed by atoms with E-state index in [0.29, 0.717) is 19.4 Å². The van der Waals surface area contributed by atoms with E-state index in [1.807, 2.05) is 6.92 Å². The van der Waals surface area contributed by atoms with Crippen molar-refractivity contribution in [2.24, 2.45) is 0 Å². The molecule has 0 aromatic heterocycles. The molecule has 2 heterocycles. The Balaban J connectivity index is 1.97. The highest BCUT2D eigenvalue weighted by molar-refractivity contribution is 5.86. The second kappa shape index (κ2) is 6.75. The number of hydrogen-bond acceptors (Lipinski definition) is 3. The van der Waals surface area contributed by atoms with Crippen LogP contribution in [0.3, 0.4) is 0 Å². The Kier molecular flexibility index (Phi) is 5.18. The maximum atomic E-state index is 12.6. The lowest BCUT2D eigenvalue weighted by atomic mass is 10.0. The topological polar surface area (TPSA) is 49.9 Å². The molecule has 2 fully saturated rings. The summed E-state index contributed by atoms with van der Waals surface area (Å²) in [7, 11) is 0. The molecule has 0 aromatic carbocycles. The quantitative estimate of drug-likeness (QED) is 0.785. The minimum absolute atomic E-state index is 0.106. The van der Waals surface area contributed by atoms with Gasteiger partial charge in [-0.2, -0.15) is 13.2 Å². The number of rotatable bonds is 2. The van der Waals surface area contributed by atoms with E-state index in [0.717, 1.165) is 24.2 Å². The molecule has 0 aromatic rings. The molecule has 8 heteroatoms. The first-order valence-corrected chi connectivity index (χ1v) is 7.60. The maximum absolute atomic E-state index is 12.6. The largest absolute Gasteiger partial charge is 0.440 e. The zero-order valence-corrected chi connectivity index (χ0v) is 12.6. The molecule has 2 amide bonds. The van der Waals surface area contributed by atoms with E-state index >= 15 is 0 Å². The van der Waals surface area contributed by atoms with Crippen molar-refractivity contribution in [3.05, 3.63) is 0 Å². The van der Waals surface area contributed by atoms with Gasteiger partial charge in [0, 0.05) is 19.1 Å². The van der Waals surface area contributed by atoms with Gasteiger partial charge in [0.15, 0.2) is 6.61 Å². The van der Waals surface area contributed by atoms with Crippen molar-refractivity contribution in [1.29, 1.82) is 0 Å². The van der Waals surface area contributed by atoms with Crippen LogP contribution < -0.4 is 0 Å². The zero-order valence-electron chi connectivity index (χ0n) is 12.6. The van der Waals surface area contributed by atoms with E-state index in [-0.39, 0.29) is 18.5 Å². The van der Waals surface area contributed by atoms with Gasteiger partial charge in [0.25, 0.3) is 0 Å². The fraction of sp³-hybridized carbons (Fsp3) is 0.857. The lowest BCUT2D eigenvalue weighted by Gasteiger charge is -2.36. The molecule has 2 aliphatic heterocycles. The van der Waals surface area contributed by atoms with Gasteiger partial charge in [-0.05, 0) is 39.0 Å². The van der Waals surface area contributed by atoms with Gasteiger partial charge >= 0.3 is 12.3 Å². The third-order valence-corrected chi connectivity index (χ3v) is 4.22. The summed E-state index contributed by atoms with van der Waals surface area (Å²) < 4.78 is 40.7. The molecular weight excluding hydrogens is 301 g/mol. The third kappa shape index (κ3) is 4.04. The van der Waals surface area contributed by atoms with Gasteiger partial charge in [-0.15, -0.1) is 0 Å². The second-order valence-corrected chi connectivity index (χ2v) is 5.90. The number of piperidine rings is 1. The number of likely N-dealkylation sites (tertiary alicyclic amines) is 2. The van der Waals surface area contributed by atoms with E-state index in [2.05, 4.69) is 4.74 Å². The third-order valence-electron chi connectivity index (χ3n) is 4.22. The Morgan fingerprint density at radius 2 is 1.77 bits per heavy atom. The number of hydrogen-bond donors (Lipinski definition) is 0. The Morgan fingerprint density at radius 1 is 1.09 bits per heavy atom. The SMILES string of the molecule is C[C@H]1CCCCN1C(=O)[C@H]1CCCN1C(=O)OCC(F)(F)F. The van der Waals surface area contributed by atoms with E-state index in [4.69, 9.17) is 0 Å². The summed E-state index contributed by atoms with van der Waals surface area (Å²) in [5.41, 5.74) is 0. The molecule has 22 heavy (non-hydrogen) atoms. The molecule has 5 nitrogen and oxygen atoms in total. The number of carbonyl (C=O) groups is 2. The number of alkyl halides is 3. The average Bonchev–Trinajstić information content (AvgIpc) is 2.93. The first-order valence-electron chi connectivity index (χ1n) is 7.60. The van der Waals surface area contributed by atoms with Crippen LogP contribution in [0.5, 0.6) is 0 Å². The standard InChI is InChI=1S/C14H21F3N2O3/c1-10-5-2-3-7-18(10)12(20)11-6-4-8-19(11)13(21)22-9-14(15,16)17/h10-11H,2-9H2,1H3/t10-,11+/m0/s1.